The Bertz CT molecular complexity index is 1450. The Kier molecular flexibility index (Phi) is 9.24. The first kappa shape index (κ1) is 31.2. The summed E-state index contributed by atoms with van der Waals surface area (Å²) in [5.41, 5.74) is 0.918. The highest BCUT2D eigenvalue weighted by Gasteiger charge is 2.41. The number of alkyl halides is 3. The Labute approximate surface area is 258 Å². The molecule has 0 unspecified atom stereocenters. The number of hydrogen-bond acceptors (Lipinski definition) is 5. The molecule has 2 saturated heterocycles. The first-order valence-electron chi connectivity index (χ1n) is 13.9. The number of nitrogens with zero attached hydrogens (tertiary/aromatic N) is 5. The predicted molar refractivity (Wildman–Crippen MR) is 160 cm³/mol. The molecule has 2 fully saturated rings. The molecule has 43 heavy (non-hydrogen) atoms. The lowest BCUT2D eigenvalue weighted by molar-refractivity contribution is -0.140. The summed E-state index contributed by atoms with van der Waals surface area (Å²) in [6.07, 6.45) is -2.99. The van der Waals surface area contributed by atoms with Gasteiger partial charge in [-0.15, -0.1) is 0 Å². The van der Waals surface area contributed by atoms with Crippen LogP contribution in [0.25, 0.3) is 0 Å². The minimum absolute atomic E-state index is 0.0836. The summed E-state index contributed by atoms with van der Waals surface area (Å²) < 4.78 is 53.5. The highest BCUT2D eigenvalue weighted by atomic mass is 35.5. The minimum atomic E-state index is -4.76. The monoisotopic (exact) mass is 638 g/mol. The number of hydrogen-bond donors (Lipinski definition) is 1. The fourth-order valence-corrected chi connectivity index (χ4v) is 6.11. The van der Waals surface area contributed by atoms with Gasteiger partial charge in [-0.3, -0.25) is 4.90 Å². The van der Waals surface area contributed by atoms with Gasteiger partial charge in [0.25, 0.3) is 0 Å². The van der Waals surface area contributed by atoms with Gasteiger partial charge in [0.15, 0.2) is 0 Å². The molecule has 2 amide bonds. The Hall–Kier alpha value is -3.28. The second-order valence-corrected chi connectivity index (χ2v) is 11.7. The van der Waals surface area contributed by atoms with Crippen LogP contribution < -0.4 is 10.2 Å². The summed E-state index contributed by atoms with van der Waals surface area (Å²) in [4.78, 5) is 25.9. The lowest BCUT2D eigenvalue weighted by Gasteiger charge is -2.37. The number of piperazine rings is 1. The Morgan fingerprint density at radius 2 is 1.74 bits per heavy atom. The van der Waals surface area contributed by atoms with Crippen molar-refractivity contribution in [1.29, 1.82) is 0 Å². The van der Waals surface area contributed by atoms with Crippen molar-refractivity contribution >= 4 is 40.7 Å². The zero-order valence-electron chi connectivity index (χ0n) is 23.7. The molecular formula is C30H32Cl2F4N6O. The van der Waals surface area contributed by atoms with Crippen molar-refractivity contribution in [3.8, 4) is 0 Å². The maximum absolute atomic E-state index is 14.3. The molecule has 2 aromatic carbocycles. The smallest absolute Gasteiger partial charge is 0.387 e. The van der Waals surface area contributed by atoms with E-state index in [0.717, 1.165) is 29.2 Å². The van der Waals surface area contributed by atoms with Crippen LogP contribution in [0, 0.1) is 5.82 Å². The highest BCUT2D eigenvalue weighted by molar-refractivity contribution is 6.42. The van der Waals surface area contributed by atoms with Gasteiger partial charge in [0, 0.05) is 64.8 Å². The van der Waals surface area contributed by atoms with E-state index in [4.69, 9.17) is 23.2 Å². The number of benzene rings is 2. The number of halogens is 6. The van der Waals surface area contributed by atoms with Gasteiger partial charge in [0.05, 0.1) is 27.5 Å². The number of nitrogens with one attached hydrogen (secondary N) is 1. The largest absolute Gasteiger partial charge is 0.419 e. The SMILES string of the molecule is CNc1ccc(N2CCN(C(=O)N3C[C@H](c4ccc(Cl)c(Cl)c4)[C@@H](N(C)Cc4ccc(C(F)(F)F)c(F)c4)C3)CC2)nc1. The lowest BCUT2D eigenvalue weighted by Crippen LogP contribution is -2.53. The van der Waals surface area contributed by atoms with Gasteiger partial charge < -0.3 is 20.0 Å². The first-order valence-corrected chi connectivity index (χ1v) is 14.6. The van der Waals surface area contributed by atoms with Crippen molar-refractivity contribution < 1.29 is 22.4 Å². The molecule has 230 valence electrons. The topological polar surface area (TPSA) is 55.0 Å². The zero-order chi connectivity index (χ0) is 30.9. The van der Waals surface area contributed by atoms with Crippen LogP contribution in [-0.4, -0.2) is 85.1 Å². The molecule has 0 radical (unpaired) electrons. The van der Waals surface area contributed by atoms with Crippen LogP contribution in [0.2, 0.25) is 10.0 Å². The third-order valence-electron chi connectivity index (χ3n) is 8.18. The number of carbonyl (C=O) groups excluding carboxylic acids is 1. The van der Waals surface area contributed by atoms with E-state index in [2.05, 4.69) is 15.2 Å². The van der Waals surface area contributed by atoms with Gasteiger partial charge >= 0.3 is 12.2 Å². The minimum Gasteiger partial charge on any atom is -0.387 e. The van der Waals surface area contributed by atoms with Crippen LogP contribution >= 0.6 is 23.2 Å². The summed E-state index contributed by atoms with van der Waals surface area (Å²) in [5.74, 6) is -0.609. The summed E-state index contributed by atoms with van der Waals surface area (Å²) >= 11 is 12.5. The van der Waals surface area contributed by atoms with E-state index in [1.54, 1.807) is 23.2 Å². The number of anilines is 2. The second kappa shape index (κ2) is 12.8. The molecule has 0 spiro atoms. The van der Waals surface area contributed by atoms with Gasteiger partial charge in [-0.2, -0.15) is 13.2 Å². The number of likely N-dealkylation sites (N-methyl/N-ethyl adjacent to an activating group) is 1. The first-order chi connectivity index (χ1) is 20.4. The molecule has 7 nitrogen and oxygen atoms in total. The van der Waals surface area contributed by atoms with E-state index in [1.807, 2.05) is 42.1 Å². The van der Waals surface area contributed by atoms with Gasteiger partial charge in [0.2, 0.25) is 0 Å². The van der Waals surface area contributed by atoms with E-state index in [1.165, 1.54) is 6.07 Å². The zero-order valence-corrected chi connectivity index (χ0v) is 25.2. The molecule has 5 rings (SSSR count). The van der Waals surface area contributed by atoms with Crippen LogP contribution in [0.15, 0.2) is 54.7 Å². The molecule has 3 heterocycles. The van der Waals surface area contributed by atoms with Crippen molar-refractivity contribution in [1.82, 2.24) is 19.7 Å². The van der Waals surface area contributed by atoms with Gasteiger partial charge in [0.1, 0.15) is 11.6 Å². The molecule has 0 aliphatic carbocycles. The molecule has 13 heteroatoms. The third-order valence-corrected chi connectivity index (χ3v) is 8.92. The molecular weight excluding hydrogens is 607 g/mol. The fraction of sp³-hybridized carbons (Fsp3) is 0.400. The van der Waals surface area contributed by atoms with Crippen LogP contribution in [-0.2, 0) is 12.7 Å². The van der Waals surface area contributed by atoms with E-state index < -0.39 is 17.6 Å². The summed E-state index contributed by atoms with van der Waals surface area (Å²) in [6.45, 7) is 3.35. The molecule has 2 atom stereocenters. The molecule has 0 bridgehead atoms. The number of pyridine rings is 1. The number of likely N-dealkylation sites (tertiary alicyclic amines) is 1. The molecule has 0 saturated carbocycles. The molecule has 1 aromatic heterocycles. The van der Waals surface area contributed by atoms with E-state index in [0.29, 0.717) is 54.9 Å². The van der Waals surface area contributed by atoms with Crippen molar-refractivity contribution in [2.24, 2.45) is 0 Å². The fourth-order valence-electron chi connectivity index (χ4n) is 5.80. The standard InChI is InChI=1S/C30H32Cl2F4N6O/c1-37-21-5-8-28(38-15-21)40-9-11-41(12-10-40)29(43)42-17-22(20-4-7-24(31)25(32)14-20)27(18-42)39(2)16-19-3-6-23(26(33)13-19)30(34,35)36/h3-8,13-15,22,27,37H,9-12,16-18H2,1-2H3/t22-,27+/m1/s1. The van der Waals surface area contributed by atoms with Gasteiger partial charge in [-0.05, 0) is 54.6 Å². The predicted octanol–water partition coefficient (Wildman–Crippen LogP) is 6.43. The number of amides is 2. The lowest BCUT2D eigenvalue weighted by atomic mass is 9.93. The normalized spacial score (nSPS) is 19.3. The second-order valence-electron chi connectivity index (χ2n) is 10.9. The van der Waals surface area contributed by atoms with Crippen LogP contribution in [0.4, 0.5) is 33.9 Å². The van der Waals surface area contributed by atoms with Gasteiger partial charge in [-0.1, -0.05) is 35.3 Å². The number of rotatable bonds is 6. The third kappa shape index (κ3) is 6.94. The Morgan fingerprint density at radius 1 is 1.00 bits per heavy atom. The molecule has 2 aliphatic heterocycles. The van der Waals surface area contributed by atoms with Crippen molar-refractivity contribution in [3.63, 3.8) is 0 Å². The quantitative estimate of drug-likeness (QED) is 0.315. The van der Waals surface area contributed by atoms with E-state index >= 15 is 0 Å². The molecule has 2 aliphatic rings. The van der Waals surface area contributed by atoms with E-state index in [9.17, 15) is 22.4 Å². The van der Waals surface area contributed by atoms with Crippen molar-refractivity contribution in [3.05, 3.63) is 87.3 Å². The maximum atomic E-state index is 14.3. The molecule has 1 N–H and O–H groups in total. The summed E-state index contributed by atoms with van der Waals surface area (Å²) in [5, 5.41) is 3.85. The van der Waals surface area contributed by atoms with Crippen LogP contribution in [0.1, 0.15) is 22.6 Å². The van der Waals surface area contributed by atoms with E-state index in [-0.39, 0.29) is 24.5 Å². The average molecular weight is 640 g/mol. The molecule has 3 aromatic rings. The van der Waals surface area contributed by atoms with Crippen molar-refractivity contribution in [2.45, 2.75) is 24.7 Å². The van der Waals surface area contributed by atoms with Crippen LogP contribution in [0.5, 0.6) is 0 Å². The Balaban J connectivity index is 1.30. The Morgan fingerprint density at radius 3 is 2.35 bits per heavy atom. The maximum Gasteiger partial charge on any atom is 0.419 e. The number of aromatic nitrogens is 1. The number of carbonyl (C=O) groups is 1. The highest BCUT2D eigenvalue weighted by Crippen LogP contribution is 2.36. The van der Waals surface area contributed by atoms with Gasteiger partial charge in [-0.25, -0.2) is 14.2 Å². The van der Waals surface area contributed by atoms with Crippen molar-refractivity contribution in [2.75, 3.05) is 63.6 Å². The summed E-state index contributed by atoms with van der Waals surface area (Å²) in [6, 6.07) is 12.0. The average Bonchev–Trinajstić information content (AvgIpc) is 3.43. The summed E-state index contributed by atoms with van der Waals surface area (Å²) in [7, 11) is 3.66. The van der Waals surface area contributed by atoms with Crippen LogP contribution in [0.3, 0.4) is 0 Å². The number of urea groups is 1.